The van der Waals surface area contributed by atoms with Crippen LogP contribution >= 0.6 is 0 Å². The van der Waals surface area contributed by atoms with Gasteiger partial charge in [-0.05, 0) is 31.2 Å². The van der Waals surface area contributed by atoms with E-state index in [1.165, 1.54) is 0 Å². The summed E-state index contributed by atoms with van der Waals surface area (Å²) in [4.78, 5) is 13.1. The quantitative estimate of drug-likeness (QED) is 0.861. The molecule has 146 valence electrons. The Bertz CT molecular complexity index is 746. The van der Waals surface area contributed by atoms with Gasteiger partial charge in [-0.25, -0.2) is 0 Å². The summed E-state index contributed by atoms with van der Waals surface area (Å²) < 4.78 is 18.7. The Morgan fingerprint density at radius 3 is 2.70 bits per heavy atom. The summed E-state index contributed by atoms with van der Waals surface area (Å²) in [6.07, 6.45) is -0.0275. The maximum atomic E-state index is 13.1. The number of hydrogen-bond acceptors (Lipinski definition) is 5. The second kappa shape index (κ2) is 5.86. The van der Waals surface area contributed by atoms with Gasteiger partial charge in [0.25, 0.3) is 0 Å². The second-order valence-electron chi connectivity index (χ2n) is 8.90. The van der Waals surface area contributed by atoms with Gasteiger partial charge in [0.15, 0.2) is 11.6 Å². The highest BCUT2D eigenvalue weighted by Crippen LogP contribution is 2.71. The van der Waals surface area contributed by atoms with Crippen molar-refractivity contribution in [3.8, 4) is 0 Å². The van der Waals surface area contributed by atoms with E-state index >= 15 is 0 Å². The molecule has 5 rings (SSSR count). The minimum atomic E-state index is -0.891. The molecule has 3 saturated carbocycles. The number of ketones is 1. The molecule has 1 saturated heterocycles. The minimum absolute atomic E-state index is 0.0187. The van der Waals surface area contributed by atoms with Gasteiger partial charge in [-0.15, -0.1) is 0 Å². The number of carbonyl (C=O) groups excluding carboxylic acids is 1. The Morgan fingerprint density at radius 1 is 1.26 bits per heavy atom. The minimum Gasteiger partial charge on any atom is -0.389 e. The zero-order valence-electron chi connectivity index (χ0n) is 16.1. The van der Waals surface area contributed by atoms with Crippen LogP contribution in [0.15, 0.2) is 30.3 Å². The van der Waals surface area contributed by atoms with Crippen LogP contribution in [0.2, 0.25) is 0 Å². The molecule has 0 aromatic heterocycles. The number of aliphatic hydroxyl groups is 1. The van der Waals surface area contributed by atoms with E-state index in [0.717, 1.165) is 5.56 Å². The molecule has 5 nitrogen and oxygen atoms in total. The molecule has 27 heavy (non-hydrogen) atoms. The summed E-state index contributed by atoms with van der Waals surface area (Å²) in [5.41, 5.74) is 0.207. The van der Waals surface area contributed by atoms with Crippen molar-refractivity contribution >= 4 is 5.78 Å². The van der Waals surface area contributed by atoms with E-state index < -0.39 is 17.5 Å². The lowest BCUT2D eigenvalue weighted by Crippen LogP contribution is -2.52. The molecule has 1 aliphatic heterocycles. The molecule has 0 radical (unpaired) electrons. The van der Waals surface area contributed by atoms with E-state index in [4.69, 9.17) is 14.2 Å². The van der Waals surface area contributed by atoms with Crippen molar-refractivity contribution in [2.24, 2.45) is 29.6 Å². The third-order valence-electron chi connectivity index (χ3n) is 7.60. The molecule has 2 bridgehead atoms. The smallest absolute Gasteiger partial charge is 0.175 e. The fourth-order valence-electron chi connectivity index (χ4n) is 6.71. The van der Waals surface area contributed by atoms with Gasteiger partial charge >= 0.3 is 0 Å². The Morgan fingerprint density at radius 2 is 2.00 bits per heavy atom. The summed E-state index contributed by atoms with van der Waals surface area (Å²) in [7, 11) is 0. The molecule has 3 aliphatic carbocycles. The number of Topliss-reactive ketones (excluding diaryl/α,β-unsaturated/α-hetero) is 1. The van der Waals surface area contributed by atoms with Crippen LogP contribution in [0.3, 0.4) is 0 Å². The Hall–Kier alpha value is -1.27. The molecular weight excluding hydrogens is 344 g/mol. The van der Waals surface area contributed by atoms with Crippen LogP contribution in [-0.2, 0) is 25.6 Å². The van der Waals surface area contributed by atoms with Crippen LogP contribution in [0.25, 0.3) is 0 Å². The van der Waals surface area contributed by atoms with Gasteiger partial charge in [0, 0.05) is 30.8 Å². The van der Waals surface area contributed by atoms with Gasteiger partial charge in [0.1, 0.15) is 6.10 Å². The predicted molar refractivity (Wildman–Crippen MR) is 97.6 cm³/mol. The van der Waals surface area contributed by atoms with E-state index in [2.05, 4.69) is 0 Å². The number of rotatable bonds is 5. The molecule has 1 aromatic carbocycles. The second-order valence-corrected chi connectivity index (χ2v) is 8.90. The maximum absolute atomic E-state index is 13.1. The molecule has 1 aromatic rings. The first-order valence-corrected chi connectivity index (χ1v) is 10.1. The van der Waals surface area contributed by atoms with Gasteiger partial charge in [-0.3, -0.25) is 4.79 Å². The van der Waals surface area contributed by atoms with E-state index in [9.17, 15) is 9.90 Å². The topological polar surface area (TPSA) is 65.0 Å². The summed E-state index contributed by atoms with van der Waals surface area (Å²) in [6.45, 7) is 6.78. The molecule has 0 amide bonds. The van der Waals surface area contributed by atoms with Crippen molar-refractivity contribution < 1.29 is 24.1 Å². The lowest BCUT2D eigenvalue weighted by molar-refractivity contribution is -0.240. The molecule has 1 unspecified atom stereocenters. The fraction of sp³-hybridized carbons (Fsp3) is 0.682. The standard InChI is InChI=1S/C22H28O5/c1-4-26-22-10-14-15-16(20(22)21(14,3)24)19(27-22)17(23)12(2)18(15)25-11-13-8-6-5-7-9-13/h5-9,12,14-16,18-20,24H,4,10-11H2,1-3H3/t12-,14+,15-,16+,18+,19+,20+,21?,22+/m0/s1. The number of carbonyl (C=O) groups is 1. The van der Waals surface area contributed by atoms with Crippen LogP contribution in [-0.4, -0.2) is 41.1 Å². The average molecular weight is 372 g/mol. The molecule has 1 heterocycles. The zero-order chi connectivity index (χ0) is 19.0. The molecule has 4 fully saturated rings. The number of benzene rings is 1. The highest BCUT2D eigenvalue weighted by atomic mass is 16.7. The normalized spacial score (nSPS) is 49.8. The molecule has 1 N–H and O–H groups in total. The fourth-order valence-corrected chi connectivity index (χ4v) is 6.71. The van der Waals surface area contributed by atoms with Gasteiger partial charge in [-0.1, -0.05) is 37.3 Å². The van der Waals surface area contributed by atoms with E-state index in [1.54, 1.807) is 0 Å². The van der Waals surface area contributed by atoms with Crippen LogP contribution in [0.1, 0.15) is 32.8 Å². The molecule has 9 atom stereocenters. The van der Waals surface area contributed by atoms with Crippen LogP contribution in [0.5, 0.6) is 0 Å². The largest absolute Gasteiger partial charge is 0.389 e. The Labute approximate surface area is 160 Å². The number of ether oxygens (including phenoxy) is 3. The summed E-state index contributed by atoms with van der Waals surface area (Å²) in [5, 5.41) is 11.4. The monoisotopic (exact) mass is 372 g/mol. The van der Waals surface area contributed by atoms with Crippen molar-refractivity contribution in [2.45, 2.75) is 57.4 Å². The van der Waals surface area contributed by atoms with Crippen LogP contribution in [0, 0.1) is 29.6 Å². The number of fused-ring (bicyclic) bond motifs is 2. The van der Waals surface area contributed by atoms with E-state index in [-0.39, 0.29) is 41.5 Å². The summed E-state index contributed by atoms with van der Waals surface area (Å²) in [5.74, 6) is -0.980. The predicted octanol–water partition coefficient (Wildman–Crippen LogP) is 2.56. The molecule has 5 heteroatoms. The molecule has 4 aliphatic rings. The van der Waals surface area contributed by atoms with E-state index in [0.29, 0.717) is 19.6 Å². The summed E-state index contributed by atoms with van der Waals surface area (Å²) in [6, 6.07) is 10.0. The van der Waals surface area contributed by atoms with Crippen LogP contribution < -0.4 is 0 Å². The highest BCUT2D eigenvalue weighted by molar-refractivity contribution is 5.88. The van der Waals surface area contributed by atoms with Crippen molar-refractivity contribution in [1.29, 1.82) is 0 Å². The first-order chi connectivity index (χ1) is 12.9. The van der Waals surface area contributed by atoms with Crippen molar-refractivity contribution in [3.05, 3.63) is 35.9 Å². The lowest BCUT2D eigenvalue weighted by Gasteiger charge is -2.42. The first kappa shape index (κ1) is 17.8. The van der Waals surface area contributed by atoms with Crippen molar-refractivity contribution in [3.63, 3.8) is 0 Å². The SMILES string of the molecule is CCO[C@]12C[C@@H]3[C@@H]4[C@H](OCc5ccccc5)[C@@H](C)C(=O)[C@H](O1)[C@@H]4[C@@H]2C3(C)O. The molecule has 0 spiro atoms. The van der Waals surface area contributed by atoms with Crippen LogP contribution in [0.4, 0.5) is 0 Å². The van der Waals surface area contributed by atoms with Crippen molar-refractivity contribution in [2.75, 3.05) is 6.61 Å². The number of hydrogen-bond donors (Lipinski definition) is 1. The molecular formula is C22H28O5. The Balaban J connectivity index is 1.48. The van der Waals surface area contributed by atoms with Gasteiger partial charge in [0.2, 0.25) is 0 Å². The van der Waals surface area contributed by atoms with Gasteiger partial charge in [0.05, 0.1) is 18.3 Å². The summed E-state index contributed by atoms with van der Waals surface area (Å²) >= 11 is 0. The third kappa shape index (κ3) is 2.23. The third-order valence-corrected chi connectivity index (χ3v) is 7.60. The van der Waals surface area contributed by atoms with E-state index in [1.807, 2.05) is 51.1 Å². The average Bonchev–Trinajstić information content (AvgIpc) is 3.14. The zero-order valence-corrected chi connectivity index (χ0v) is 16.1. The first-order valence-electron chi connectivity index (χ1n) is 10.1. The maximum Gasteiger partial charge on any atom is 0.175 e. The highest BCUT2D eigenvalue weighted by Gasteiger charge is 2.81. The van der Waals surface area contributed by atoms with Crippen molar-refractivity contribution in [1.82, 2.24) is 0 Å². The van der Waals surface area contributed by atoms with Gasteiger partial charge in [-0.2, -0.15) is 0 Å². The Kier molecular flexibility index (Phi) is 3.87. The lowest BCUT2D eigenvalue weighted by atomic mass is 9.65. The van der Waals surface area contributed by atoms with Gasteiger partial charge < -0.3 is 19.3 Å².